The molecule has 1 amide bonds. The minimum atomic E-state index is -0.358. The number of hydrogen-bond donors (Lipinski definition) is 1. The second-order valence-corrected chi connectivity index (χ2v) is 7.25. The number of carbonyl (C=O) groups is 1. The van der Waals surface area contributed by atoms with Crippen LogP contribution in [-0.2, 0) is 11.2 Å². The number of nitrogens with one attached hydrogen (secondary N) is 1. The van der Waals surface area contributed by atoms with Crippen molar-refractivity contribution < 1.29 is 13.9 Å². The number of nitrogens with zero attached hydrogens (tertiary/aromatic N) is 1. The van der Waals surface area contributed by atoms with Crippen LogP contribution in [0.2, 0.25) is 0 Å². The molecule has 1 N–H and O–H groups in total. The molecule has 25 heavy (non-hydrogen) atoms. The molecule has 0 saturated heterocycles. The van der Waals surface area contributed by atoms with Gasteiger partial charge in [0.1, 0.15) is 11.6 Å². The zero-order valence-electron chi connectivity index (χ0n) is 13.6. The molecule has 0 aliphatic rings. The zero-order chi connectivity index (χ0) is 17.6. The molecule has 0 aliphatic carbocycles. The first kappa shape index (κ1) is 17.6. The number of anilines is 1. The van der Waals surface area contributed by atoms with Crippen LogP contribution in [0, 0.1) is 5.82 Å². The number of halogens is 1. The number of amides is 1. The van der Waals surface area contributed by atoms with Crippen molar-refractivity contribution in [2.24, 2.45) is 0 Å². The molecule has 130 valence electrons. The van der Waals surface area contributed by atoms with Crippen LogP contribution >= 0.6 is 22.7 Å². The lowest BCUT2D eigenvalue weighted by Crippen LogP contribution is -2.11. The maximum Gasteiger partial charge on any atom is 0.226 e. The molecule has 4 nitrogen and oxygen atoms in total. The maximum absolute atomic E-state index is 13.5. The molecule has 0 aliphatic heterocycles. The molecule has 1 aromatic carbocycles. The first-order valence-electron chi connectivity index (χ1n) is 7.77. The summed E-state index contributed by atoms with van der Waals surface area (Å²) in [5.41, 5.74) is 1.15. The maximum atomic E-state index is 13.5. The second kappa shape index (κ2) is 8.22. The standard InChI is InChI=1S/C18H17FN2O2S2/c1-23-16-8-7-12(19)10-14(16)15-11-25-18(20-15)21-17(22)6-2-4-13-5-3-9-24-13/h3,5,7-11H,2,4,6H2,1H3,(H,20,21,22). The van der Waals surface area contributed by atoms with Crippen molar-refractivity contribution in [2.75, 3.05) is 12.4 Å². The number of rotatable bonds is 7. The van der Waals surface area contributed by atoms with Gasteiger partial charge in [0, 0.05) is 22.2 Å². The van der Waals surface area contributed by atoms with Crippen molar-refractivity contribution in [1.29, 1.82) is 0 Å². The third-order valence-electron chi connectivity index (χ3n) is 3.60. The summed E-state index contributed by atoms with van der Waals surface area (Å²) in [6, 6.07) is 8.36. The smallest absolute Gasteiger partial charge is 0.226 e. The summed E-state index contributed by atoms with van der Waals surface area (Å²) in [7, 11) is 1.53. The molecular weight excluding hydrogens is 359 g/mol. The number of thiazole rings is 1. The summed E-state index contributed by atoms with van der Waals surface area (Å²) in [6.07, 6.45) is 2.13. The van der Waals surface area contributed by atoms with Crippen molar-refractivity contribution in [3.63, 3.8) is 0 Å². The van der Waals surface area contributed by atoms with Gasteiger partial charge in [0.25, 0.3) is 0 Å². The Bertz CT molecular complexity index is 847. The third-order valence-corrected chi connectivity index (χ3v) is 5.29. The van der Waals surface area contributed by atoms with Gasteiger partial charge in [-0.3, -0.25) is 4.79 Å². The highest BCUT2D eigenvalue weighted by Gasteiger charge is 2.12. The summed E-state index contributed by atoms with van der Waals surface area (Å²) < 4.78 is 18.7. The summed E-state index contributed by atoms with van der Waals surface area (Å²) in [4.78, 5) is 17.7. The molecule has 0 spiro atoms. The lowest BCUT2D eigenvalue weighted by atomic mass is 10.1. The Kier molecular flexibility index (Phi) is 5.78. The van der Waals surface area contributed by atoms with Crippen LogP contribution in [0.25, 0.3) is 11.3 Å². The van der Waals surface area contributed by atoms with Gasteiger partial charge in [-0.1, -0.05) is 6.07 Å². The van der Waals surface area contributed by atoms with Gasteiger partial charge in [0.15, 0.2) is 5.13 Å². The van der Waals surface area contributed by atoms with Crippen molar-refractivity contribution in [1.82, 2.24) is 4.98 Å². The van der Waals surface area contributed by atoms with E-state index in [0.717, 1.165) is 12.8 Å². The van der Waals surface area contributed by atoms with Crippen LogP contribution in [0.15, 0.2) is 41.1 Å². The van der Waals surface area contributed by atoms with E-state index >= 15 is 0 Å². The minimum absolute atomic E-state index is 0.0661. The number of thiophene rings is 1. The number of methoxy groups -OCH3 is 1. The summed E-state index contributed by atoms with van der Waals surface area (Å²) in [5, 5.41) is 7.12. The minimum Gasteiger partial charge on any atom is -0.496 e. The first-order chi connectivity index (χ1) is 12.2. The number of benzene rings is 1. The van der Waals surface area contributed by atoms with Crippen molar-refractivity contribution in [3.05, 3.63) is 51.8 Å². The predicted molar refractivity (Wildman–Crippen MR) is 99.9 cm³/mol. The van der Waals surface area contributed by atoms with Crippen molar-refractivity contribution >= 4 is 33.7 Å². The number of carbonyl (C=O) groups excluding carboxylic acids is 1. The Morgan fingerprint density at radius 1 is 1.32 bits per heavy atom. The normalized spacial score (nSPS) is 10.6. The average molecular weight is 376 g/mol. The quantitative estimate of drug-likeness (QED) is 0.633. The molecule has 0 saturated carbocycles. The lowest BCUT2D eigenvalue weighted by molar-refractivity contribution is -0.116. The van der Waals surface area contributed by atoms with Gasteiger partial charge in [-0.05, 0) is 42.5 Å². The fraction of sp³-hybridized carbons (Fsp3) is 0.222. The molecule has 2 aromatic heterocycles. The Labute approximate surface area is 153 Å². The zero-order valence-corrected chi connectivity index (χ0v) is 15.3. The molecular formula is C18H17FN2O2S2. The molecule has 0 atom stereocenters. The van der Waals surface area contributed by atoms with E-state index in [2.05, 4.69) is 16.4 Å². The van der Waals surface area contributed by atoms with Crippen LogP contribution in [0.3, 0.4) is 0 Å². The molecule has 3 aromatic rings. The number of aromatic nitrogens is 1. The highest BCUT2D eigenvalue weighted by Crippen LogP contribution is 2.32. The van der Waals surface area contributed by atoms with Crippen LogP contribution < -0.4 is 10.1 Å². The van der Waals surface area contributed by atoms with Crippen LogP contribution in [-0.4, -0.2) is 18.0 Å². The van der Waals surface area contributed by atoms with Crippen molar-refractivity contribution in [3.8, 4) is 17.0 Å². The Morgan fingerprint density at radius 3 is 2.96 bits per heavy atom. The van der Waals surface area contributed by atoms with E-state index in [9.17, 15) is 9.18 Å². The van der Waals surface area contributed by atoms with Gasteiger partial charge in [0.05, 0.1) is 12.8 Å². The van der Waals surface area contributed by atoms with E-state index in [0.29, 0.717) is 28.6 Å². The van der Waals surface area contributed by atoms with Gasteiger partial charge in [-0.25, -0.2) is 9.37 Å². The van der Waals surface area contributed by atoms with Crippen LogP contribution in [0.1, 0.15) is 17.7 Å². The van der Waals surface area contributed by atoms with E-state index < -0.39 is 0 Å². The molecule has 3 rings (SSSR count). The molecule has 0 bridgehead atoms. The van der Waals surface area contributed by atoms with Gasteiger partial charge in [-0.2, -0.15) is 0 Å². The Hall–Kier alpha value is -2.25. The van der Waals surface area contributed by atoms with Crippen LogP contribution in [0.4, 0.5) is 9.52 Å². The molecule has 0 unspecified atom stereocenters. The van der Waals surface area contributed by atoms with Gasteiger partial charge < -0.3 is 10.1 Å². The summed E-state index contributed by atoms with van der Waals surface area (Å²) in [6.45, 7) is 0. The van der Waals surface area contributed by atoms with Crippen LogP contribution in [0.5, 0.6) is 5.75 Å². The lowest BCUT2D eigenvalue weighted by Gasteiger charge is -2.06. The topological polar surface area (TPSA) is 51.2 Å². The van der Waals surface area contributed by atoms with Gasteiger partial charge in [-0.15, -0.1) is 22.7 Å². The summed E-state index contributed by atoms with van der Waals surface area (Å²) >= 11 is 3.01. The Morgan fingerprint density at radius 2 is 2.20 bits per heavy atom. The van der Waals surface area contributed by atoms with Gasteiger partial charge in [0.2, 0.25) is 5.91 Å². The molecule has 0 fully saturated rings. The molecule has 0 radical (unpaired) electrons. The first-order valence-corrected chi connectivity index (χ1v) is 9.53. The van der Waals surface area contributed by atoms with E-state index in [1.165, 1.54) is 35.5 Å². The van der Waals surface area contributed by atoms with Gasteiger partial charge >= 0.3 is 0 Å². The number of aryl methyl sites for hydroxylation is 1. The van der Waals surface area contributed by atoms with E-state index in [1.54, 1.807) is 22.8 Å². The average Bonchev–Trinajstić information content (AvgIpc) is 3.27. The number of hydrogen-bond acceptors (Lipinski definition) is 5. The highest BCUT2D eigenvalue weighted by molar-refractivity contribution is 7.14. The fourth-order valence-corrected chi connectivity index (χ4v) is 3.87. The molecule has 2 heterocycles. The Balaban J connectivity index is 1.60. The van der Waals surface area contributed by atoms with Crippen molar-refractivity contribution in [2.45, 2.75) is 19.3 Å². The third kappa shape index (κ3) is 4.64. The SMILES string of the molecule is COc1ccc(F)cc1-c1csc(NC(=O)CCCc2cccs2)n1. The summed E-state index contributed by atoms with van der Waals surface area (Å²) in [5.74, 6) is 0.118. The van der Waals surface area contributed by atoms with E-state index in [4.69, 9.17) is 4.74 Å². The highest BCUT2D eigenvalue weighted by atomic mass is 32.1. The largest absolute Gasteiger partial charge is 0.496 e. The predicted octanol–water partition coefficient (Wildman–Crippen LogP) is 4.98. The molecule has 7 heteroatoms. The fourth-order valence-electron chi connectivity index (χ4n) is 2.40. The van der Waals surface area contributed by atoms with E-state index in [-0.39, 0.29) is 11.7 Å². The van der Waals surface area contributed by atoms with E-state index in [1.807, 2.05) is 11.4 Å². The monoisotopic (exact) mass is 376 g/mol. The number of ether oxygens (including phenoxy) is 1. The second-order valence-electron chi connectivity index (χ2n) is 5.36.